The summed E-state index contributed by atoms with van der Waals surface area (Å²) in [7, 11) is 0.141. The van der Waals surface area contributed by atoms with Gasteiger partial charge >= 0.3 is 5.97 Å². The van der Waals surface area contributed by atoms with Gasteiger partial charge in [-0.3, -0.25) is 4.79 Å². The first-order chi connectivity index (χ1) is 6.22. The van der Waals surface area contributed by atoms with Gasteiger partial charge in [-0.15, -0.1) is 0 Å². The fourth-order valence-electron chi connectivity index (χ4n) is 1.53. The minimum absolute atomic E-state index is 0.141. The van der Waals surface area contributed by atoms with Crippen LogP contribution in [0.1, 0.15) is 19.3 Å². The van der Waals surface area contributed by atoms with Crippen LogP contribution in [0.4, 0.5) is 0 Å². The van der Waals surface area contributed by atoms with E-state index >= 15 is 0 Å². The maximum absolute atomic E-state index is 10.4. The highest BCUT2D eigenvalue weighted by atomic mass is 32.2. The third kappa shape index (κ3) is 3.60. The topological polar surface area (TPSA) is 61.1 Å². The lowest BCUT2D eigenvalue weighted by Gasteiger charge is -2.22. The summed E-state index contributed by atoms with van der Waals surface area (Å²) in [5.74, 6) is 1.65. The fraction of sp³-hybridized carbons (Fsp3) is 0.667. The van der Waals surface area contributed by atoms with Crippen LogP contribution in [0.25, 0.3) is 0 Å². The largest absolute Gasteiger partial charge is 0.481 e. The van der Waals surface area contributed by atoms with Gasteiger partial charge in [-0.2, -0.15) is 15.7 Å². The van der Waals surface area contributed by atoms with E-state index in [1.54, 1.807) is 5.37 Å². The summed E-state index contributed by atoms with van der Waals surface area (Å²) in [4.78, 5) is 10.4. The third-order valence-corrected chi connectivity index (χ3v) is 4.22. The van der Waals surface area contributed by atoms with Crippen molar-refractivity contribution in [2.45, 2.75) is 19.3 Å². The van der Waals surface area contributed by atoms with Crippen molar-refractivity contribution >= 4 is 21.8 Å². The Kier molecular flexibility index (Phi) is 3.97. The Morgan fingerprint density at radius 2 is 2.23 bits per heavy atom. The van der Waals surface area contributed by atoms with E-state index < -0.39 is 5.97 Å². The predicted molar refractivity (Wildman–Crippen MR) is 54.0 cm³/mol. The normalized spacial score (nSPS) is 27.6. The molecule has 0 aromatic heterocycles. The van der Waals surface area contributed by atoms with Gasteiger partial charge in [0.15, 0.2) is 0 Å². The number of carboxylic acid groups (broad SMARTS) is 1. The molecule has 0 aromatic carbocycles. The molecule has 0 aromatic rings. The Labute approximate surface area is 80.3 Å². The number of nitrogens with zero attached hydrogens (tertiary/aromatic N) is 1. The molecule has 0 spiro atoms. The summed E-state index contributed by atoms with van der Waals surface area (Å²) in [6.45, 7) is 0. The molecule has 1 fully saturated rings. The lowest BCUT2D eigenvalue weighted by molar-refractivity contribution is -0.138. The molecule has 0 atom stereocenters. The van der Waals surface area contributed by atoms with E-state index in [0.29, 0.717) is 12.3 Å². The molecule has 1 aliphatic heterocycles. The van der Waals surface area contributed by atoms with E-state index in [1.807, 2.05) is 0 Å². The summed E-state index contributed by atoms with van der Waals surface area (Å²) < 4.78 is 0. The van der Waals surface area contributed by atoms with Crippen molar-refractivity contribution in [2.24, 2.45) is 5.92 Å². The average molecular weight is 199 g/mol. The highest BCUT2D eigenvalue weighted by Gasteiger charge is 2.18. The average Bonchev–Trinajstić information content (AvgIpc) is 2.08. The zero-order chi connectivity index (χ0) is 9.68. The number of nitriles is 1. The predicted octanol–water partition coefficient (Wildman–Crippen LogP) is 1.47. The first-order valence-corrected chi connectivity index (χ1v) is 5.96. The Morgan fingerprint density at radius 3 is 2.69 bits per heavy atom. The molecule has 13 heavy (non-hydrogen) atoms. The number of rotatable bonds is 2. The minimum atomic E-state index is -0.698. The first-order valence-electron chi connectivity index (χ1n) is 4.33. The summed E-state index contributed by atoms with van der Waals surface area (Å²) in [5, 5.41) is 18.7. The number of hydrogen-bond donors (Lipinski definition) is 1. The Morgan fingerprint density at radius 1 is 1.62 bits per heavy atom. The SMILES string of the molecule is N#CC=S1CCC(CC(=O)O)CC1. The van der Waals surface area contributed by atoms with Crippen molar-refractivity contribution in [2.75, 3.05) is 11.5 Å². The van der Waals surface area contributed by atoms with Crippen LogP contribution in [0, 0.1) is 17.2 Å². The van der Waals surface area contributed by atoms with E-state index in [1.165, 1.54) is 0 Å². The highest BCUT2D eigenvalue weighted by molar-refractivity contribution is 8.15. The number of carboxylic acids is 1. The van der Waals surface area contributed by atoms with Crippen LogP contribution >= 0.6 is 10.5 Å². The van der Waals surface area contributed by atoms with Gasteiger partial charge < -0.3 is 5.11 Å². The molecule has 0 bridgehead atoms. The molecule has 1 heterocycles. The van der Waals surface area contributed by atoms with Crippen LogP contribution in [-0.2, 0) is 4.79 Å². The molecule has 0 radical (unpaired) electrons. The molecule has 1 saturated heterocycles. The second kappa shape index (κ2) is 5.03. The molecule has 1 aliphatic rings. The van der Waals surface area contributed by atoms with E-state index in [-0.39, 0.29) is 10.5 Å². The van der Waals surface area contributed by atoms with Crippen molar-refractivity contribution in [3.8, 4) is 6.07 Å². The molecule has 1 rings (SSSR count). The van der Waals surface area contributed by atoms with Crippen LogP contribution in [0.15, 0.2) is 0 Å². The van der Waals surface area contributed by atoms with Gasteiger partial charge in [0.25, 0.3) is 0 Å². The molecule has 3 nitrogen and oxygen atoms in total. The van der Waals surface area contributed by atoms with Crippen LogP contribution in [0.2, 0.25) is 0 Å². The lowest BCUT2D eigenvalue weighted by atomic mass is 9.99. The van der Waals surface area contributed by atoms with Crippen LogP contribution in [0.3, 0.4) is 0 Å². The van der Waals surface area contributed by atoms with Crippen molar-refractivity contribution in [1.29, 1.82) is 5.26 Å². The number of hydrogen-bond acceptors (Lipinski definition) is 2. The fourth-order valence-corrected chi connectivity index (χ4v) is 3.39. The standard InChI is InChI=1S/C9H13NO2S/c10-3-6-13-4-1-8(2-5-13)7-9(11)12/h6,8H,1-2,4-5,7H2,(H,11,12). The smallest absolute Gasteiger partial charge is 0.303 e. The molecule has 72 valence electrons. The Bertz CT molecular complexity index is 257. The maximum Gasteiger partial charge on any atom is 0.303 e. The lowest BCUT2D eigenvalue weighted by Crippen LogP contribution is -2.15. The van der Waals surface area contributed by atoms with E-state index in [2.05, 4.69) is 6.07 Å². The Hall–Kier alpha value is -0.820. The van der Waals surface area contributed by atoms with E-state index in [4.69, 9.17) is 10.4 Å². The molecule has 0 aliphatic carbocycles. The van der Waals surface area contributed by atoms with Crippen molar-refractivity contribution in [3.05, 3.63) is 0 Å². The quantitative estimate of drug-likeness (QED) is 0.685. The van der Waals surface area contributed by atoms with Gasteiger partial charge in [0, 0.05) is 11.8 Å². The second-order valence-electron chi connectivity index (χ2n) is 3.23. The van der Waals surface area contributed by atoms with Gasteiger partial charge in [-0.1, -0.05) is 0 Å². The van der Waals surface area contributed by atoms with Crippen molar-refractivity contribution in [3.63, 3.8) is 0 Å². The van der Waals surface area contributed by atoms with Gasteiger partial charge in [-0.05, 0) is 30.3 Å². The van der Waals surface area contributed by atoms with Gasteiger partial charge in [0.05, 0.1) is 6.07 Å². The zero-order valence-electron chi connectivity index (χ0n) is 7.40. The molecular formula is C9H13NO2S. The summed E-state index contributed by atoms with van der Waals surface area (Å²) in [6, 6.07) is 2.06. The summed E-state index contributed by atoms with van der Waals surface area (Å²) in [6.07, 6.45) is 2.23. The molecule has 4 heteroatoms. The van der Waals surface area contributed by atoms with Gasteiger partial charge in [-0.25, -0.2) is 0 Å². The molecule has 0 unspecified atom stereocenters. The highest BCUT2D eigenvalue weighted by Crippen LogP contribution is 2.29. The summed E-state index contributed by atoms with van der Waals surface area (Å²) in [5.41, 5.74) is 0. The molecule has 0 amide bonds. The summed E-state index contributed by atoms with van der Waals surface area (Å²) >= 11 is 0. The monoisotopic (exact) mass is 199 g/mol. The van der Waals surface area contributed by atoms with E-state index in [9.17, 15) is 4.79 Å². The van der Waals surface area contributed by atoms with E-state index in [0.717, 1.165) is 24.3 Å². The molecule has 1 N–H and O–H groups in total. The van der Waals surface area contributed by atoms with Crippen molar-refractivity contribution in [1.82, 2.24) is 0 Å². The maximum atomic E-state index is 10.4. The van der Waals surface area contributed by atoms with Gasteiger partial charge in [0.2, 0.25) is 0 Å². The second-order valence-corrected chi connectivity index (χ2v) is 5.36. The number of aliphatic carboxylic acids is 1. The third-order valence-electron chi connectivity index (χ3n) is 2.26. The first kappa shape index (κ1) is 10.3. The van der Waals surface area contributed by atoms with Crippen LogP contribution in [0.5, 0.6) is 0 Å². The zero-order valence-corrected chi connectivity index (χ0v) is 8.22. The minimum Gasteiger partial charge on any atom is -0.481 e. The molecule has 0 saturated carbocycles. The Balaban J connectivity index is 2.35. The van der Waals surface area contributed by atoms with Crippen molar-refractivity contribution < 1.29 is 9.90 Å². The number of carbonyl (C=O) groups is 1. The van der Waals surface area contributed by atoms with Crippen LogP contribution < -0.4 is 0 Å². The van der Waals surface area contributed by atoms with Gasteiger partial charge in [0.1, 0.15) is 0 Å². The van der Waals surface area contributed by atoms with Crippen LogP contribution in [-0.4, -0.2) is 27.9 Å². The molecular weight excluding hydrogens is 186 g/mol.